The maximum atomic E-state index is 6.03. The third-order valence-corrected chi connectivity index (χ3v) is 4.32. The molecule has 0 heterocycles. The van der Waals surface area contributed by atoms with E-state index in [9.17, 15) is 0 Å². The van der Waals surface area contributed by atoms with Gasteiger partial charge in [-0.05, 0) is 43.0 Å². The molecular formula is C16H25BrClN. The third-order valence-electron chi connectivity index (χ3n) is 3.40. The van der Waals surface area contributed by atoms with E-state index in [1.165, 1.54) is 24.8 Å². The highest BCUT2D eigenvalue weighted by atomic mass is 79.9. The van der Waals surface area contributed by atoms with Gasteiger partial charge in [0, 0.05) is 15.5 Å². The van der Waals surface area contributed by atoms with Crippen LogP contribution in [0.5, 0.6) is 0 Å². The van der Waals surface area contributed by atoms with Gasteiger partial charge in [-0.2, -0.15) is 0 Å². The minimum Gasteiger partial charge on any atom is -0.310 e. The van der Waals surface area contributed by atoms with Crippen LogP contribution in [0.1, 0.15) is 58.1 Å². The van der Waals surface area contributed by atoms with Gasteiger partial charge in [0.1, 0.15) is 0 Å². The summed E-state index contributed by atoms with van der Waals surface area (Å²) < 4.78 is 1.11. The van der Waals surface area contributed by atoms with Crippen molar-refractivity contribution in [3.63, 3.8) is 0 Å². The van der Waals surface area contributed by atoms with Crippen LogP contribution in [0.15, 0.2) is 22.7 Å². The van der Waals surface area contributed by atoms with E-state index >= 15 is 0 Å². The van der Waals surface area contributed by atoms with Crippen LogP contribution < -0.4 is 5.32 Å². The Kier molecular flexibility index (Phi) is 8.05. The molecule has 1 rings (SSSR count). The zero-order valence-corrected chi connectivity index (χ0v) is 14.5. The summed E-state index contributed by atoms with van der Waals surface area (Å²) in [7, 11) is 0. The molecule has 3 heteroatoms. The molecule has 2 unspecified atom stereocenters. The molecule has 0 saturated carbocycles. The molecule has 0 radical (unpaired) electrons. The average Bonchev–Trinajstić information content (AvgIpc) is 2.35. The minimum absolute atomic E-state index is 0.410. The van der Waals surface area contributed by atoms with Crippen LogP contribution in [0.25, 0.3) is 0 Å². The van der Waals surface area contributed by atoms with Crippen molar-refractivity contribution in [1.29, 1.82) is 0 Å². The predicted molar refractivity (Wildman–Crippen MR) is 88.9 cm³/mol. The molecule has 0 aromatic heterocycles. The summed E-state index contributed by atoms with van der Waals surface area (Å²) in [6.07, 6.45) is 4.87. The molecule has 1 nitrogen and oxygen atoms in total. The topological polar surface area (TPSA) is 12.0 Å². The second-order valence-corrected chi connectivity index (χ2v) is 6.59. The summed E-state index contributed by atoms with van der Waals surface area (Å²) in [5, 5.41) is 4.45. The van der Waals surface area contributed by atoms with Gasteiger partial charge in [0.2, 0.25) is 0 Å². The highest BCUT2D eigenvalue weighted by molar-refractivity contribution is 9.10. The Labute approximate surface area is 131 Å². The van der Waals surface area contributed by atoms with Crippen LogP contribution in [0.4, 0.5) is 0 Å². The smallest absolute Gasteiger partial charge is 0.0417 e. The molecule has 0 saturated heterocycles. The largest absolute Gasteiger partial charge is 0.310 e. The number of hydrogen-bond acceptors (Lipinski definition) is 1. The van der Waals surface area contributed by atoms with Crippen LogP contribution in [0.2, 0.25) is 5.02 Å². The van der Waals surface area contributed by atoms with E-state index in [0.717, 1.165) is 28.4 Å². The number of benzene rings is 1. The van der Waals surface area contributed by atoms with Crippen molar-refractivity contribution in [2.75, 3.05) is 6.54 Å². The van der Waals surface area contributed by atoms with Crippen molar-refractivity contribution in [1.82, 2.24) is 5.32 Å². The van der Waals surface area contributed by atoms with Gasteiger partial charge in [-0.25, -0.2) is 0 Å². The van der Waals surface area contributed by atoms with Gasteiger partial charge in [0.25, 0.3) is 0 Å². The Balaban J connectivity index is 2.82. The van der Waals surface area contributed by atoms with Crippen molar-refractivity contribution >= 4 is 27.5 Å². The highest BCUT2D eigenvalue weighted by Crippen LogP contribution is 2.31. The van der Waals surface area contributed by atoms with Gasteiger partial charge in [-0.15, -0.1) is 0 Å². The normalized spacial score (nSPS) is 14.4. The van der Waals surface area contributed by atoms with Gasteiger partial charge in [0.15, 0.2) is 0 Å². The molecule has 1 aromatic carbocycles. The SMILES string of the molecule is CCCNC(CC(C)CCC)c1ccc(Cl)cc1Br. The zero-order valence-electron chi connectivity index (χ0n) is 12.2. The maximum Gasteiger partial charge on any atom is 0.0417 e. The van der Waals surface area contributed by atoms with E-state index in [1.54, 1.807) is 0 Å². The monoisotopic (exact) mass is 345 g/mol. The first-order chi connectivity index (χ1) is 9.08. The molecule has 0 aliphatic carbocycles. The summed E-state index contributed by atoms with van der Waals surface area (Å²) >= 11 is 9.68. The molecule has 108 valence electrons. The zero-order chi connectivity index (χ0) is 14.3. The molecule has 0 bridgehead atoms. The van der Waals surface area contributed by atoms with E-state index in [4.69, 9.17) is 11.6 Å². The second-order valence-electron chi connectivity index (χ2n) is 5.30. The molecule has 0 aliphatic rings. The van der Waals surface area contributed by atoms with Crippen LogP contribution in [0.3, 0.4) is 0 Å². The lowest BCUT2D eigenvalue weighted by Gasteiger charge is -2.23. The van der Waals surface area contributed by atoms with Gasteiger partial charge >= 0.3 is 0 Å². The highest BCUT2D eigenvalue weighted by Gasteiger charge is 2.17. The Hall–Kier alpha value is -0.0500. The van der Waals surface area contributed by atoms with Crippen molar-refractivity contribution in [2.45, 2.75) is 52.5 Å². The van der Waals surface area contributed by atoms with Crippen LogP contribution in [0, 0.1) is 5.92 Å². The lowest BCUT2D eigenvalue weighted by molar-refractivity contribution is 0.389. The average molecular weight is 347 g/mol. The quantitative estimate of drug-likeness (QED) is 0.611. The number of halogens is 2. The molecule has 0 aliphatic heterocycles. The molecule has 1 aromatic rings. The fourth-order valence-electron chi connectivity index (χ4n) is 2.44. The molecular weight excluding hydrogens is 322 g/mol. The van der Waals surface area contributed by atoms with E-state index in [2.05, 4.69) is 48.1 Å². The molecule has 19 heavy (non-hydrogen) atoms. The number of rotatable bonds is 8. The first-order valence-electron chi connectivity index (χ1n) is 7.26. The standard InChI is InChI=1S/C16H25BrClN/c1-4-6-12(3)10-16(19-9-5-2)14-8-7-13(18)11-15(14)17/h7-8,11-12,16,19H,4-6,9-10H2,1-3H3. The van der Waals surface area contributed by atoms with Crippen molar-refractivity contribution < 1.29 is 0 Å². The van der Waals surface area contributed by atoms with E-state index in [1.807, 2.05) is 12.1 Å². The molecule has 2 atom stereocenters. The maximum absolute atomic E-state index is 6.03. The summed E-state index contributed by atoms with van der Waals surface area (Å²) in [6, 6.07) is 6.51. The Morgan fingerprint density at radius 3 is 2.58 bits per heavy atom. The fraction of sp³-hybridized carbons (Fsp3) is 0.625. The molecule has 0 spiro atoms. The summed E-state index contributed by atoms with van der Waals surface area (Å²) in [5.74, 6) is 0.738. The Morgan fingerprint density at radius 2 is 2.00 bits per heavy atom. The third kappa shape index (κ3) is 5.85. The van der Waals surface area contributed by atoms with Crippen molar-refractivity contribution in [3.8, 4) is 0 Å². The predicted octanol–water partition coefficient (Wildman–Crippen LogP) is 5.97. The van der Waals surface area contributed by atoms with E-state index < -0.39 is 0 Å². The Bertz CT molecular complexity index is 381. The summed E-state index contributed by atoms with van der Waals surface area (Å²) in [5.41, 5.74) is 1.32. The van der Waals surface area contributed by atoms with E-state index in [0.29, 0.717) is 6.04 Å². The lowest BCUT2D eigenvalue weighted by Crippen LogP contribution is -2.24. The number of hydrogen-bond donors (Lipinski definition) is 1. The second kappa shape index (κ2) is 8.99. The van der Waals surface area contributed by atoms with Gasteiger partial charge in [-0.3, -0.25) is 0 Å². The first kappa shape index (κ1) is 17.0. The lowest BCUT2D eigenvalue weighted by atomic mass is 9.93. The minimum atomic E-state index is 0.410. The van der Waals surface area contributed by atoms with Crippen molar-refractivity contribution in [3.05, 3.63) is 33.3 Å². The fourth-order valence-corrected chi connectivity index (χ4v) is 3.39. The molecule has 0 amide bonds. The van der Waals surface area contributed by atoms with Crippen LogP contribution >= 0.6 is 27.5 Å². The number of nitrogens with one attached hydrogen (secondary N) is 1. The Morgan fingerprint density at radius 1 is 1.26 bits per heavy atom. The van der Waals surface area contributed by atoms with Gasteiger partial charge in [0.05, 0.1) is 0 Å². The summed E-state index contributed by atoms with van der Waals surface area (Å²) in [4.78, 5) is 0. The summed E-state index contributed by atoms with van der Waals surface area (Å²) in [6.45, 7) is 7.85. The molecule has 1 N–H and O–H groups in total. The van der Waals surface area contributed by atoms with Crippen LogP contribution in [-0.2, 0) is 0 Å². The molecule has 0 fully saturated rings. The first-order valence-corrected chi connectivity index (χ1v) is 8.43. The van der Waals surface area contributed by atoms with Gasteiger partial charge in [-0.1, -0.05) is 67.2 Å². The van der Waals surface area contributed by atoms with Crippen LogP contribution in [-0.4, -0.2) is 6.54 Å². The van der Waals surface area contributed by atoms with Crippen molar-refractivity contribution in [2.24, 2.45) is 5.92 Å². The van der Waals surface area contributed by atoms with E-state index in [-0.39, 0.29) is 0 Å². The van der Waals surface area contributed by atoms with Gasteiger partial charge < -0.3 is 5.32 Å².